The second kappa shape index (κ2) is 5.36. The lowest BCUT2D eigenvalue weighted by Gasteiger charge is -2.17. The number of benzene rings is 1. The Morgan fingerprint density at radius 2 is 2.04 bits per heavy atom. The fraction of sp³-hybridized carbons (Fsp3) is 0.533. The van der Waals surface area contributed by atoms with Crippen LogP contribution in [0, 0.1) is 6.57 Å². The molecule has 2 aliphatic carbocycles. The first kappa shape index (κ1) is 17.0. The van der Waals surface area contributed by atoms with E-state index in [0.717, 1.165) is 6.07 Å². The SMILES string of the molecule is [C-]#[N+]C1(COc2ccc(S(=O)(=O)C(F)(F)F)c3c2CCC3O)CC1. The minimum absolute atomic E-state index is 0.102. The molecular weight excluding hydrogens is 347 g/mol. The fourth-order valence-electron chi connectivity index (χ4n) is 2.81. The zero-order valence-corrected chi connectivity index (χ0v) is 13.2. The minimum Gasteiger partial charge on any atom is -0.485 e. The number of hydrogen-bond donors (Lipinski definition) is 1. The van der Waals surface area contributed by atoms with Crippen molar-refractivity contribution < 1.29 is 31.4 Å². The van der Waals surface area contributed by atoms with Crippen molar-refractivity contribution in [2.45, 2.75) is 47.7 Å². The number of halogens is 3. The van der Waals surface area contributed by atoms with Gasteiger partial charge in [0.05, 0.1) is 11.0 Å². The molecule has 9 heteroatoms. The third kappa shape index (κ3) is 2.63. The van der Waals surface area contributed by atoms with E-state index in [4.69, 9.17) is 11.3 Å². The summed E-state index contributed by atoms with van der Waals surface area (Å²) in [7, 11) is -5.55. The number of fused-ring (bicyclic) bond motifs is 1. The molecule has 24 heavy (non-hydrogen) atoms. The third-order valence-electron chi connectivity index (χ3n) is 4.43. The first-order chi connectivity index (χ1) is 11.1. The monoisotopic (exact) mass is 361 g/mol. The number of aliphatic hydroxyl groups excluding tert-OH is 1. The fourth-order valence-corrected chi connectivity index (χ4v) is 3.86. The Labute approximate surface area is 136 Å². The highest BCUT2D eigenvalue weighted by molar-refractivity contribution is 7.92. The van der Waals surface area contributed by atoms with Crippen LogP contribution in [0.4, 0.5) is 13.2 Å². The van der Waals surface area contributed by atoms with Crippen molar-refractivity contribution in [2.24, 2.45) is 0 Å². The zero-order chi connectivity index (χ0) is 17.8. The van der Waals surface area contributed by atoms with Crippen molar-refractivity contribution in [3.05, 3.63) is 34.7 Å². The van der Waals surface area contributed by atoms with Gasteiger partial charge in [0.2, 0.25) is 0 Å². The quantitative estimate of drug-likeness (QED) is 0.838. The normalized spacial score (nSPS) is 21.9. The maximum absolute atomic E-state index is 12.8. The average Bonchev–Trinajstić information content (AvgIpc) is 3.20. The lowest BCUT2D eigenvalue weighted by Crippen LogP contribution is -2.25. The van der Waals surface area contributed by atoms with Crippen molar-refractivity contribution in [3.63, 3.8) is 0 Å². The van der Waals surface area contributed by atoms with Crippen LogP contribution in [-0.2, 0) is 16.3 Å². The molecule has 2 aliphatic rings. The Morgan fingerprint density at radius 3 is 2.58 bits per heavy atom. The van der Waals surface area contributed by atoms with Crippen LogP contribution >= 0.6 is 0 Å². The van der Waals surface area contributed by atoms with Crippen LogP contribution in [0.1, 0.15) is 36.5 Å². The van der Waals surface area contributed by atoms with Gasteiger partial charge in [-0.15, -0.1) is 0 Å². The maximum Gasteiger partial charge on any atom is 0.501 e. The van der Waals surface area contributed by atoms with E-state index in [2.05, 4.69) is 4.85 Å². The van der Waals surface area contributed by atoms with Crippen molar-refractivity contribution in [3.8, 4) is 5.75 Å². The van der Waals surface area contributed by atoms with E-state index in [0.29, 0.717) is 12.8 Å². The van der Waals surface area contributed by atoms with E-state index in [1.807, 2.05) is 0 Å². The highest BCUT2D eigenvalue weighted by Crippen LogP contribution is 2.45. The topological polar surface area (TPSA) is 68.0 Å². The molecule has 3 rings (SSSR count). The molecule has 1 fully saturated rings. The predicted octanol–water partition coefficient (Wildman–Crippen LogP) is 2.79. The van der Waals surface area contributed by atoms with Gasteiger partial charge in [-0.3, -0.25) is 0 Å². The second-order valence-corrected chi connectivity index (χ2v) is 7.99. The van der Waals surface area contributed by atoms with Crippen LogP contribution in [0.3, 0.4) is 0 Å². The Morgan fingerprint density at radius 1 is 1.38 bits per heavy atom. The minimum atomic E-state index is -5.55. The van der Waals surface area contributed by atoms with Gasteiger partial charge in [0.25, 0.3) is 15.4 Å². The molecule has 1 N–H and O–H groups in total. The summed E-state index contributed by atoms with van der Waals surface area (Å²) in [5, 5.41) is 9.97. The molecule has 1 saturated carbocycles. The molecule has 130 valence electrons. The Balaban J connectivity index is 2.01. The lowest BCUT2D eigenvalue weighted by molar-refractivity contribution is -0.0437. The van der Waals surface area contributed by atoms with E-state index < -0.39 is 31.9 Å². The predicted molar refractivity (Wildman–Crippen MR) is 77.0 cm³/mol. The van der Waals surface area contributed by atoms with Crippen molar-refractivity contribution in [1.29, 1.82) is 0 Å². The number of sulfone groups is 1. The summed E-state index contributed by atoms with van der Waals surface area (Å²) in [6.07, 6.45) is 0.456. The largest absolute Gasteiger partial charge is 0.501 e. The molecule has 0 aliphatic heterocycles. The van der Waals surface area contributed by atoms with E-state index in [9.17, 15) is 26.7 Å². The van der Waals surface area contributed by atoms with Crippen LogP contribution in [-0.4, -0.2) is 31.2 Å². The number of hydrogen-bond acceptors (Lipinski definition) is 4. The molecule has 1 aromatic carbocycles. The van der Waals surface area contributed by atoms with Crippen LogP contribution in [0.2, 0.25) is 0 Å². The Kier molecular flexibility index (Phi) is 3.81. The van der Waals surface area contributed by atoms with Gasteiger partial charge in [-0.2, -0.15) is 13.2 Å². The Hall–Kier alpha value is -1.79. The summed E-state index contributed by atoms with van der Waals surface area (Å²) in [4.78, 5) is 2.55. The van der Waals surface area contributed by atoms with Gasteiger partial charge in [0, 0.05) is 24.0 Å². The first-order valence-electron chi connectivity index (χ1n) is 7.28. The summed E-state index contributed by atoms with van der Waals surface area (Å²) in [6.45, 7) is 7.21. The van der Waals surface area contributed by atoms with Crippen LogP contribution in [0.15, 0.2) is 17.0 Å². The molecule has 1 atom stereocenters. The summed E-state index contributed by atoms with van der Waals surface area (Å²) in [5.41, 5.74) is -5.99. The highest BCUT2D eigenvalue weighted by Gasteiger charge is 2.52. The lowest BCUT2D eigenvalue weighted by atomic mass is 10.1. The van der Waals surface area contributed by atoms with Gasteiger partial charge >= 0.3 is 5.51 Å². The van der Waals surface area contributed by atoms with Gasteiger partial charge in [0.15, 0.2) is 6.61 Å². The molecule has 0 bridgehead atoms. The second-order valence-electron chi connectivity index (χ2n) is 6.08. The molecule has 0 heterocycles. The molecule has 0 aromatic heterocycles. The molecule has 1 unspecified atom stereocenters. The van der Waals surface area contributed by atoms with E-state index in [1.54, 1.807) is 0 Å². The molecule has 5 nitrogen and oxygen atoms in total. The van der Waals surface area contributed by atoms with Crippen molar-refractivity contribution in [2.75, 3.05) is 6.61 Å². The molecule has 1 aromatic rings. The Bertz CT molecular complexity index is 822. The third-order valence-corrected chi connectivity index (χ3v) is 5.97. The zero-order valence-electron chi connectivity index (χ0n) is 12.4. The van der Waals surface area contributed by atoms with Gasteiger partial charge < -0.3 is 14.7 Å². The summed E-state index contributed by atoms with van der Waals surface area (Å²) in [6, 6.07) is 2.00. The summed E-state index contributed by atoms with van der Waals surface area (Å²) < 4.78 is 67.5. The van der Waals surface area contributed by atoms with E-state index in [-0.39, 0.29) is 36.3 Å². The molecular formula is C15H14F3NO4S. The number of ether oxygens (including phenoxy) is 1. The molecule has 0 amide bonds. The van der Waals surface area contributed by atoms with Crippen LogP contribution in [0.5, 0.6) is 5.75 Å². The molecule has 0 radical (unpaired) electrons. The average molecular weight is 361 g/mol. The highest BCUT2D eigenvalue weighted by atomic mass is 32.2. The maximum atomic E-state index is 12.8. The number of aliphatic hydroxyl groups is 1. The first-order valence-corrected chi connectivity index (χ1v) is 8.76. The van der Waals surface area contributed by atoms with Gasteiger partial charge in [-0.05, 0) is 25.0 Å². The van der Waals surface area contributed by atoms with Crippen LogP contribution < -0.4 is 4.74 Å². The standard InChI is InChI=1S/C15H14F3NO4S/c1-19-14(6-7-14)8-23-11-4-5-12(24(21,22)15(16,17)18)13-9(11)2-3-10(13)20/h4-5,10,20H,2-3,6-8H2. The van der Waals surface area contributed by atoms with Crippen molar-refractivity contribution in [1.82, 2.24) is 0 Å². The molecule has 0 saturated heterocycles. The number of rotatable bonds is 4. The smallest absolute Gasteiger partial charge is 0.485 e. The van der Waals surface area contributed by atoms with E-state index in [1.165, 1.54) is 6.07 Å². The summed E-state index contributed by atoms with van der Waals surface area (Å²) in [5.74, 6) is 0.234. The van der Waals surface area contributed by atoms with E-state index >= 15 is 0 Å². The number of nitrogens with zero attached hydrogens (tertiary/aromatic N) is 1. The summed E-state index contributed by atoms with van der Waals surface area (Å²) >= 11 is 0. The van der Waals surface area contributed by atoms with Crippen molar-refractivity contribution >= 4 is 9.84 Å². The van der Waals surface area contributed by atoms with Gasteiger partial charge in [-0.1, -0.05) is 0 Å². The van der Waals surface area contributed by atoms with Gasteiger partial charge in [0.1, 0.15) is 5.75 Å². The molecule has 0 spiro atoms. The van der Waals surface area contributed by atoms with Crippen LogP contribution in [0.25, 0.3) is 4.85 Å². The van der Waals surface area contributed by atoms with Gasteiger partial charge in [-0.25, -0.2) is 15.0 Å². The number of alkyl halides is 3.